The van der Waals surface area contributed by atoms with Crippen LogP contribution in [0.3, 0.4) is 0 Å². The molecule has 0 saturated carbocycles. The summed E-state index contributed by atoms with van der Waals surface area (Å²) in [5.41, 5.74) is 2.02. The number of benzene rings is 1. The van der Waals surface area contributed by atoms with Gasteiger partial charge in [-0.25, -0.2) is 0 Å². The summed E-state index contributed by atoms with van der Waals surface area (Å²) in [6.45, 7) is 8.21. The van der Waals surface area contributed by atoms with Crippen LogP contribution < -0.4 is 5.56 Å². The maximum absolute atomic E-state index is 12.7. The van der Waals surface area contributed by atoms with Crippen molar-refractivity contribution in [3.05, 3.63) is 40.4 Å². The third-order valence-electron chi connectivity index (χ3n) is 3.66. The van der Waals surface area contributed by atoms with E-state index in [1.54, 1.807) is 10.9 Å². The number of hydrogen-bond donors (Lipinski definition) is 0. The Morgan fingerprint density at radius 2 is 1.90 bits per heavy atom. The zero-order valence-corrected chi connectivity index (χ0v) is 12.2. The van der Waals surface area contributed by atoms with E-state index in [1.165, 1.54) is 0 Å². The molecule has 0 bridgehead atoms. The molecule has 0 aliphatic rings. The van der Waals surface area contributed by atoms with Crippen LogP contribution >= 0.6 is 0 Å². The third kappa shape index (κ3) is 1.73. The van der Waals surface area contributed by atoms with Crippen molar-refractivity contribution in [2.24, 2.45) is 0 Å². The number of hydrogen-bond acceptors (Lipinski definition) is 3. The molecule has 0 fully saturated rings. The second-order valence-corrected chi connectivity index (χ2v) is 5.70. The van der Waals surface area contributed by atoms with Gasteiger partial charge in [-0.05, 0) is 37.5 Å². The molecule has 0 N–H and O–H groups in total. The van der Waals surface area contributed by atoms with Crippen molar-refractivity contribution >= 4 is 16.7 Å². The Morgan fingerprint density at radius 3 is 2.55 bits per heavy atom. The minimum absolute atomic E-state index is 0.00185. The van der Waals surface area contributed by atoms with Gasteiger partial charge in [0.05, 0.1) is 10.9 Å². The molecule has 2 heterocycles. The van der Waals surface area contributed by atoms with E-state index in [2.05, 4.69) is 30.1 Å². The van der Waals surface area contributed by atoms with E-state index in [1.807, 2.05) is 30.4 Å². The van der Waals surface area contributed by atoms with Gasteiger partial charge >= 0.3 is 0 Å². The molecule has 5 nitrogen and oxygen atoms in total. The molecular weight excluding hydrogens is 252 g/mol. The molecule has 0 aliphatic carbocycles. The lowest BCUT2D eigenvalue weighted by Crippen LogP contribution is -2.24. The molecule has 20 heavy (non-hydrogen) atoms. The summed E-state index contributed by atoms with van der Waals surface area (Å²) in [5.74, 6) is 0.984. The minimum Gasteiger partial charge on any atom is -0.274 e. The molecular formula is C15H18N4O. The molecule has 3 rings (SSSR count). The standard InChI is InChI=1S/C15H18N4O/c1-9(2)11-5-6-13-12(7-11)14(20)19(10(3)4)15-17-16-8-18(13)15/h5-10H,1-4H3. The predicted octanol–water partition coefficient (Wildman–Crippen LogP) is 2.75. The van der Waals surface area contributed by atoms with Crippen LogP contribution in [-0.4, -0.2) is 19.2 Å². The van der Waals surface area contributed by atoms with Crippen LogP contribution in [0.25, 0.3) is 16.7 Å². The highest BCUT2D eigenvalue weighted by atomic mass is 16.1. The van der Waals surface area contributed by atoms with Crippen molar-refractivity contribution in [2.45, 2.75) is 39.7 Å². The van der Waals surface area contributed by atoms with Crippen LogP contribution in [-0.2, 0) is 0 Å². The average Bonchev–Trinajstić information content (AvgIpc) is 2.87. The normalized spacial score (nSPS) is 12.1. The van der Waals surface area contributed by atoms with Gasteiger partial charge in [0.15, 0.2) is 0 Å². The summed E-state index contributed by atoms with van der Waals surface area (Å²) < 4.78 is 3.57. The van der Waals surface area contributed by atoms with Gasteiger partial charge in [-0.1, -0.05) is 19.9 Å². The third-order valence-corrected chi connectivity index (χ3v) is 3.66. The van der Waals surface area contributed by atoms with Gasteiger partial charge in [-0.2, -0.15) is 0 Å². The summed E-state index contributed by atoms with van der Waals surface area (Å²) >= 11 is 0. The summed E-state index contributed by atoms with van der Waals surface area (Å²) in [7, 11) is 0. The Labute approximate surface area is 116 Å². The fourth-order valence-corrected chi connectivity index (χ4v) is 2.54. The second kappa shape index (κ2) is 4.44. The molecule has 3 aromatic rings. The Morgan fingerprint density at radius 1 is 1.15 bits per heavy atom. The Hall–Kier alpha value is -2.17. The van der Waals surface area contributed by atoms with Crippen LogP contribution in [0.2, 0.25) is 0 Å². The predicted molar refractivity (Wildman–Crippen MR) is 79.2 cm³/mol. The van der Waals surface area contributed by atoms with Gasteiger partial charge in [0.1, 0.15) is 6.33 Å². The quantitative estimate of drug-likeness (QED) is 0.719. The van der Waals surface area contributed by atoms with Crippen molar-refractivity contribution in [1.29, 1.82) is 0 Å². The molecule has 2 aromatic heterocycles. The number of aromatic nitrogens is 4. The SMILES string of the molecule is CC(C)c1ccc2c(c1)c(=O)n(C(C)C)c1nncn21. The van der Waals surface area contributed by atoms with Crippen LogP contribution in [0.15, 0.2) is 29.3 Å². The smallest absolute Gasteiger partial charge is 0.263 e. The summed E-state index contributed by atoms with van der Waals surface area (Å²) in [6, 6.07) is 6.07. The molecule has 0 spiro atoms. The maximum Gasteiger partial charge on any atom is 0.263 e. The van der Waals surface area contributed by atoms with Crippen molar-refractivity contribution < 1.29 is 0 Å². The first-order chi connectivity index (χ1) is 9.50. The van der Waals surface area contributed by atoms with E-state index in [0.29, 0.717) is 11.7 Å². The lowest BCUT2D eigenvalue weighted by molar-refractivity contribution is 0.588. The molecule has 0 radical (unpaired) electrons. The van der Waals surface area contributed by atoms with E-state index in [-0.39, 0.29) is 11.6 Å². The highest BCUT2D eigenvalue weighted by Crippen LogP contribution is 2.21. The zero-order chi connectivity index (χ0) is 14.4. The van der Waals surface area contributed by atoms with Gasteiger partial charge < -0.3 is 0 Å². The number of nitrogens with zero attached hydrogens (tertiary/aromatic N) is 4. The first-order valence-corrected chi connectivity index (χ1v) is 6.88. The first kappa shape index (κ1) is 12.8. The van der Waals surface area contributed by atoms with Crippen molar-refractivity contribution in [2.75, 3.05) is 0 Å². The van der Waals surface area contributed by atoms with E-state index in [4.69, 9.17) is 0 Å². The van der Waals surface area contributed by atoms with Crippen LogP contribution in [0.5, 0.6) is 0 Å². The van der Waals surface area contributed by atoms with Crippen LogP contribution in [0.4, 0.5) is 0 Å². The van der Waals surface area contributed by atoms with Crippen molar-refractivity contribution in [3.63, 3.8) is 0 Å². The molecule has 0 aliphatic heterocycles. The summed E-state index contributed by atoms with van der Waals surface area (Å²) in [4.78, 5) is 12.7. The van der Waals surface area contributed by atoms with Gasteiger partial charge in [0.2, 0.25) is 5.78 Å². The Bertz CT molecular complexity index is 842. The fourth-order valence-electron chi connectivity index (χ4n) is 2.54. The van der Waals surface area contributed by atoms with Gasteiger partial charge in [0, 0.05) is 6.04 Å². The summed E-state index contributed by atoms with van der Waals surface area (Å²) in [5, 5.41) is 8.75. The Kier molecular flexibility index (Phi) is 2.85. The van der Waals surface area contributed by atoms with Crippen molar-refractivity contribution in [3.8, 4) is 0 Å². The number of fused-ring (bicyclic) bond motifs is 3. The summed E-state index contributed by atoms with van der Waals surface area (Å²) in [6.07, 6.45) is 1.66. The van der Waals surface area contributed by atoms with Gasteiger partial charge in [-0.15, -0.1) is 10.2 Å². The van der Waals surface area contributed by atoms with Crippen LogP contribution in [0.1, 0.15) is 45.2 Å². The molecule has 0 saturated heterocycles. The number of rotatable bonds is 2. The van der Waals surface area contributed by atoms with Crippen LogP contribution in [0, 0.1) is 0 Å². The second-order valence-electron chi connectivity index (χ2n) is 5.70. The van der Waals surface area contributed by atoms with E-state index >= 15 is 0 Å². The van der Waals surface area contributed by atoms with E-state index in [9.17, 15) is 4.79 Å². The van der Waals surface area contributed by atoms with Gasteiger partial charge in [-0.3, -0.25) is 13.8 Å². The van der Waals surface area contributed by atoms with E-state index in [0.717, 1.165) is 16.5 Å². The highest BCUT2D eigenvalue weighted by molar-refractivity contribution is 5.81. The van der Waals surface area contributed by atoms with E-state index < -0.39 is 0 Å². The monoisotopic (exact) mass is 270 g/mol. The zero-order valence-electron chi connectivity index (χ0n) is 12.2. The maximum atomic E-state index is 12.7. The van der Waals surface area contributed by atoms with Gasteiger partial charge in [0.25, 0.3) is 5.56 Å². The topological polar surface area (TPSA) is 52.2 Å². The highest BCUT2D eigenvalue weighted by Gasteiger charge is 2.15. The average molecular weight is 270 g/mol. The molecule has 1 aromatic carbocycles. The fraction of sp³-hybridized carbons (Fsp3) is 0.400. The molecule has 5 heteroatoms. The lowest BCUT2D eigenvalue weighted by Gasteiger charge is -2.14. The van der Waals surface area contributed by atoms with Crippen molar-refractivity contribution in [1.82, 2.24) is 19.2 Å². The lowest BCUT2D eigenvalue weighted by atomic mass is 10.0. The molecule has 0 atom stereocenters. The Balaban J connectivity index is 2.52. The molecule has 0 amide bonds. The first-order valence-electron chi connectivity index (χ1n) is 6.88. The molecule has 104 valence electrons. The molecule has 0 unspecified atom stereocenters. The largest absolute Gasteiger partial charge is 0.274 e. The minimum atomic E-state index is -0.00185.